The molecule has 4 rings (SSSR count). The quantitative estimate of drug-likeness (QED) is 0.465. The molecule has 2 aromatic heterocycles. The number of carbonyl (C=O) groups excluding carboxylic acids is 1. The molecule has 1 aliphatic heterocycles. The highest BCUT2D eigenvalue weighted by molar-refractivity contribution is 7.15. The molecular weight excluding hydrogens is 458 g/mol. The van der Waals surface area contributed by atoms with Crippen LogP contribution in [-0.4, -0.2) is 45.4 Å². The Bertz CT molecular complexity index is 1130. The number of hydrogen-bond donors (Lipinski definition) is 2. The number of para-hydroxylation sites is 1. The molecule has 1 aromatic carbocycles. The number of aryl methyl sites for hydroxylation is 2. The number of piperidine rings is 1. The van der Waals surface area contributed by atoms with Crippen LogP contribution < -0.4 is 10.6 Å². The van der Waals surface area contributed by atoms with E-state index in [-0.39, 0.29) is 12.5 Å². The number of hydrogen-bond acceptors (Lipinski definition) is 7. The Labute approximate surface area is 201 Å². The molecule has 1 saturated heterocycles. The van der Waals surface area contributed by atoms with Crippen LogP contribution in [0.15, 0.2) is 30.5 Å². The molecule has 34 heavy (non-hydrogen) atoms. The maximum absolute atomic E-state index is 13.8. The number of benzene rings is 1. The van der Waals surface area contributed by atoms with Crippen molar-refractivity contribution in [2.24, 2.45) is 0 Å². The van der Waals surface area contributed by atoms with E-state index in [4.69, 9.17) is 4.98 Å². The molecule has 0 saturated carbocycles. The van der Waals surface area contributed by atoms with Crippen molar-refractivity contribution in [2.45, 2.75) is 45.4 Å². The Hall–Kier alpha value is -2.98. The van der Waals surface area contributed by atoms with E-state index in [9.17, 15) is 13.6 Å². The number of nitrogens with one attached hydrogen (secondary N) is 2. The van der Waals surface area contributed by atoms with E-state index in [1.807, 2.05) is 24.1 Å². The monoisotopic (exact) mass is 486 g/mol. The lowest BCUT2D eigenvalue weighted by atomic mass is 9.96. The van der Waals surface area contributed by atoms with Gasteiger partial charge in [0.1, 0.15) is 29.0 Å². The van der Waals surface area contributed by atoms with Gasteiger partial charge in [-0.2, -0.15) is 0 Å². The van der Waals surface area contributed by atoms with Gasteiger partial charge in [-0.15, -0.1) is 11.3 Å². The Morgan fingerprint density at radius 1 is 1.21 bits per heavy atom. The highest BCUT2D eigenvalue weighted by Gasteiger charge is 2.25. The average Bonchev–Trinajstić information content (AvgIpc) is 3.23. The van der Waals surface area contributed by atoms with E-state index in [0.29, 0.717) is 13.1 Å². The lowest BCUT2D eigenvalue weighted by Crippen LogP contribution is -2.39. The van der Waals surface area contributed by atoms with Crippen LogP contribution in [0, 0.1) is 18.6 Å². The fourth-order valence-corrected chi connectivity index (χ4v) is 4.94. The maximum atomic E-state index is 13.8. The second-order valence-electron chi connectivity index (χ2n) is 8.45. The van der Waals surface area contributed by atoms with Crippen LogP contribution in [0.4, 0.5) is 25.4 Å². The third-order valence-electron chi connectivity index (χ3n) is 5.70. The first-order valence-corrected chi connectivity index (χ1v) is 12.3. The van der Waals surface area contributed by atoms with Crippen molar-refractivity contribution < 1.29 is 13.6 Å². The van der Waals surface area contributed by atoms with E-state index in [1.54, 1.807) is 11.3 Å². The van der Waals surface area contributed by atoms with Gasteiger partial charge in [0.25, 0.3) is 0 Å². The fraction of sp³-hybridized carbons (Fsp3) is 0.417. The number of carbonyl (C=O) groups is 1. The van der Waals surface area contributed by atoms with Crippen LogP contribution in [0.3, 0.4) is 0 Å². The van der Waals surface area contributed by atoms with Gasteiger partial charge >= 0.3 is 0 Å². The lowest BCUT2D eigenvalue weighted by molar-refractivity contribution is -0.117. The molecule has 10 heteroatoms. The summed E-state index contributed by atoms with van der Waals surface area (Å²) in [5.74, 6) is -0.318. The van der Waals surface area contributed by atoms with Crippen LogP contribution in [-0.2, 0) is 11.2 Å². The Morgan fingerprint density at radius 2 is 1.94 bits per heavy atom. The van der Waals surface area contributed by atoms with Crippen LogP contribution in [0.5, 0.6) is 0 Å². The molecule has 0 spiro atoms. The number of rotatable bonds is 8. The summed E-state index contributed by atoms with van der Waals surface area (Å²) in [5, 5.41) is 6.47. The van der Waals surface area contributed by atoms with Crippen molar-refractivity contribution in [3.8, 4) is 0 Å². The standard InChI is InChI=1S/C24H28F2N6OS/c1-3-5-17-13-27-24(34-17)30-20-12-15(2)28-23(29-20)16-8-10-32(11-9-16)14-21(33)31-22-18(25)6-4-7-19(22)26/h4,6-7,12-13,16H,3,5,8-11,14H2,1-2H3,(H,31,33)(H,27,28,29,30). The highest BCUT2D eigenvalue weighted by Crippen LogP contribution is 2.28. The smallest absolute Gasteiger partial charge is 0.238 e. The van der Waals surface area contributed by atoms with Gasteiger partial charge in [-0.1, -0.05) is 19.4 Å². The molecule has 3 heterocycles. The number of nitrogens with zero attached hydrogens (tertiary/aromatic N) is 4. The first kappa shape index (κ1) is 24.2. The summed E-state index contributed by atoms with van der Waals surface area (Å²) < 4.78 is 27.6. The molecule has 3 aromatic rings. The number of likely N-dealkylation sites (tertiary alicyclic amines) is 1. The SMILES string of the molecule is CCCc1cnc(Nc2cc(C)nc(C3CCN(CC(=O)Nc4c(F)cccc4F)CC3)n2)s1. The largest absolute Gasteiger partial charge is 0.320 e. The topological polar surface area (TPSA) is 83.0 Å². The summed E-state index contributed by atoms with van der Waals surface area (Å²) >= 11 is 1.63. The zero-order valence-corrected chi connectivity index (χ0v) is 20.1. The predicted octanol–water partition coefficient (Wildman–Crippen LogP) is 5.03. The Morgan fingerprint density at radius 3 is 2.65 bits per heavy atom. The summed E-state index contributed by atoms with van der Waals surface area (Å²) in [6, 6.07) is 5.41. The molecule has 7 nitrogen and oxygen atoms in total. The van der Waals surface area contributed by atoms with Gasteiger partial charge in [-0.05, 0) is 51.4 Å². The summed E-state index contributed by atoms with van der Waals surface area (Å²) in [4.78, 5) is 29.3. The fourth-order valence-electron chi connectivity index (χ4n) is 4.02. The molecule has 0 atom stereocenters. The number of aromatic nitrogens is 3. The van der Waals surface area contributed by atoms with E-state index in [0.717, 1.165) is 60.3 Å². The Balaban J connectivity index is 1.33. The number of amides is 1. The van der Waals surface area contributed by atoms with Crippen molar-refractivity contribution in [1.29, 1.82) is 0 Å². The van der Waals surface area contributed by atoms with Crippen LogP contribution in [0.2, 0.25) is 0 Å². The van der Waals surface area contributed by atoms with Crippen LogP contribution in [0.25, 0.3) is 0 Å². The lowest BCUT2D eigenvalue weighted by Gasteiger charge is -2.30. The maximum Gasteiger partial charge on any atom is 0.238 e. The summed E-state index contributed by atoms with van der Waals surface area (Å²) in [6.45, 7) is 5.51. The van der Waals surface area contributed by atoms with Gasteiger partial charge < -0.3 is 10.6 Å². The van der Waals surface area contributed by atoms with Gasteiger partial charge in [0.15, 0.2) is 5.13 Å². The van der Waals surface area contributed by atoms with Gasteiger partial charge in [0.05, 0.1) is 6.54 Å². The first-order valence-electron chi connectivity index (χ1n) is 11.4. The summed E-state index contributed by atoms with van der Waals surface area (Å²) in [6.07, 6.45) is 5.58. The minimum Gasteiger partial charge on any atom is -0.320 e. The zero-order chi connectivity index (χ0) is 24.1. The minimum absolute atomic E-state index is 0.0755. The van der Waals surface area contributed by atoms with Crippen LogP contribution >= 0.6 is 11.3 Å². The van der Waals surface area contributed by atoms with Gasteiger partial charge in [-0.3, -0.25) is 9.69 Å². The van der Waals surface area contributed by atoms with Crippen molar-refractivity contribution >= 4 is 33.9 Å². The number of thiazole rings is 1. The summed E-state index contributed by atoms with van der Waals surface area (Å²) in [5.41, 5.74) is 0.476. The molecule has 0 unspecified atom stereocenters. The summed E-state index contributed by atoms with van der Waals surface area (Å²) in [7, 11) is 0. The van der Waals surface area contributed by atoms with E-state index >= 15 is 0 Å². The average molecular weight is 487 g/mol. The minimum atomic E-state index is -0.785. The molecule has 1 aliphatic rings. The molecule has 0 aliphatic carbocycles. The van der Waals surface area contributed by atoms with Crippen molar-refractivity contribution in [1.82, 2.24) is 19.9 Å². The molecule has 0 radical (unpaired) electrons. The van der Waals surface area contributed by atoms with Crippen molar-refractivity contribution in [3.63, 3.8) is 0 Å². The molecular formula is C24H28F2N6OS. The van der Waals surface area contributed by atoms with Gasteiger partial charge in [0.2, 0.25) is 5.91 Å². The molecule has 2 N–H and O–H groups in total. The molecule has 1 fully saturated rings. The third kappa shape index (κ3) is 6.12. The second kappa shape index (κ2) is 11.0. The normalized spacial score (nSPS) is 14.8. The van der Waals surface area contributed by atoms with Crippen molar-refractivity contribution in [3.05, 3.63) is 58.5 Å². The number of halogens is 2. The molecule has 180 valence electrons. The van der Waals surface area contributed by atoms with Crippen LogP contribution in [0.1, 0.15) is 48.5 Å². The van der Waals surface area contributed by atoms with Gasteiger partial charge in [-0.25, -0.2) is 23.7 Å². The third-order valence-corrected chi connectivity index (χ3v) is 6.68. The number of anilines is 3. The van der Waals surface area contributed by atoms with Crippen molar-refractivity contribution in [2.75, 3.05) is 30.3 Å². The van der Waals surface area contributed by atoms with E-state index in [2.05, 4.69) is 27.5 Å². The highest BCUT2D eigenvalue weighted by atomic mass is 32.1. The van der Waals surface area contributed by atoms with E-state index in [1.165, 1.54) is 10.9 Å². The molecule has 1 amide bonds. The predicted molar refractivity (Wildman–Crippen MR) is 130 cm³/mol. The zero-order valence-electron chi connectivity index (χ0n) is 19.3. The second-order valence-corrected chi connectivity index (χ2v) is 9.57. The first-order chi connectivity index (χ1) is 16.4. The molecule has 0 bridgehead atoms. The van der Waals surface area contributed by atoms with Gasteiger partial charge in [0, 0.05) is 28.8 Å². The van der Waals surface area contributed by atoms with E-state index < -0.39 is 23.2 Å². The Kier molecular flexibility index (Phi) is 7.79.